The molecule has 0 saturated carbocycles. The van der Waals surface area contributed by atoms with Crippen LogP contribution in [0.25, 0.3) is 0 Å². The van der Waals surface area contributed by atoms with Crippen LogP contribution in [-0.4, -0.2) is 48.0 Å². The summed E-state index contributed by atoms with van der Waals surface area (Å²) in [5.41, 5.74) is -0.258. The van der Waals surface area contributed by atoms with Crippen molar-refractivity contribution in [3.8, 4) is 0 Å². The molecule has 1 saturated heterocycles. The van der Waals surface area contributed by atoms with E-state index in [0.717, 1.165) is 25.9 Å². The number of rotatable bonds is 5. The minimum Gasteiger partial charge on any atom is -0.350 e. The van der Waals surface area contributed by atoms with E-state index in [-0.39, 0.29) is 23.9 Å². The average molecular weight is 287 g/mol. The maximum atomic E-state index is 11.6. The second-order valence-corrected chi connectivity index (χ2v) is 7.12. The van der Waals surface area contributed by atoms with Gasteiger partial charge >= 0.3 is 0 Å². The second-order valence-electron chi connectivity index (χ2n) is 5.84. The van der Waals surface area contributed by atoms with Gasteiger partial charge in [-0.25, -0.2) is 0 Å². The topological polar surface area (TPSA) is 70.2 Å². The third-order valence-corrected chi connectivity index (χ3v) is 4.07. The van der Waals surface area contributed by atoms with Crippen molar-refractivity contribution in [2.75, 3.05) is 25.4 Å². The van der Waals surface area contributed by atoms with Gasteiger partial charge in [-0.05, 0) is 46.7 Å². The van der Waals surface area contributed by atoms with Crippen molar-refractivity contribution < 1.29 is 9.59 Å². The molecule has 0 atom stereocenters. The van der Waals surface area contributed by atoms with Crippen LogP contribution in [0.2, 0.25) is 0 Å². The summed E-state index contributed by atoms with van der Waals surface area (Å²) < 4.78 is 0. The first-order valence-electron chi connectivity index (χ1n) is 6.77. The van der Waals surface area contributed by atoms with E-state index < -0.39 is 0 Å². The standard InChI is InChI=1S/C13H25N3O2S/c1-13(2,3)16-11(17)8-15-12(18)9-19-10-4-6-14-7-5-10/h10,14H,4-9H2,1-3H3,(H,15,18)(H,16,17). The van der Waals surface area contributed by atoms with Crippen LogP contribution in [0.3, 0.4) is 0 Å². The van der Waals surface area contributed by atoms with Crippen LogP contribution in [0.1, 0.15) is 33.6 Å². The Labute approximate surface area is 119 Å². The molecule has 0 unspecified atom stereocenters. The van der Waals surface area contributed by atoms with E-state index in [2.05, 4.69) is 16.0 Å². The van der Waals surface area contributed by atoms with Crippen LogP contribution < -0.4 is 16.0 Å². The quantitative estimate of drug-likeness (QED) is 0.689. The summed E-state index contributed by atoms with van der Waals surface area (Å²) in [7, 11) is 0. The minimum absolute atomic E-state index is 0.0584. The maximum Gasteiger partial charge on any atom is 0.239 e. The summed E-state index contributed by atoms with van der Waals surface area (Å²) >= 11 is 1.69. The molecule has 19 heavy (non-hydrogen) atoms. The molecule has 3 N–H and O–H groups in total. The number of carbonyl (C=O) groups excluding carboxylic acids is 2. The van der Waals surface area contributed by atoms with Gasteiger partial charge in [0.1, 0.15) is 0 Å². The average Bonchev–Trinajstić information content (AvgIpc) is 2.33. The molecule has 5 nitrogen and oxygen atoms in total. The number of piperidine rings is 1. The van der Waals surface area contributed by atoms with Gasteiger partial charge in [0.15, 0.2) is 0 Å². The summed E-state index contributed by atoms with van der Waals surface area (Å²) in [6, 6.07) is 0. The predicted molar refractivity (Wildman–Crippen MR) is 79.3 cm³/mol. The molecule has 0 radical (unpaired) electrons. The lowest BCUT2D eigenvalue weighted by Crippen LogP contribution is -2.46. The SMILES string of the molecule is CC(C)(C)NC(=O)CNC(=O)CSC1CCNCC1. The number of carbonyl (C=O) groups is 2. The lowest BCUT2D eigenvalue weighted by molar-refractivity contribution is -0.125. The van der Waals surface area contributed by atoms with Crippen molar-refractivity contribution in [2.45, 2.75) is 44.4 Å². The molecule has 0 aromatic carbocycles. The van der Waals surface area contributed by atoms with Gasteiger partial charge in [0.25, 0.3) is 0 Å². The first-order chi connectivity index (χ1) is 8.87. The third-order valence-electron chi connectivity index (χ3n) is 2.70. The zero-order valence-corrected chi connectivity index (χ0v) is 12.9. The molecule has 1 heterocycles. The number of thioether (sulfide) groups is 1. The van der Waals surface area contributed by atoms with Crippen molar-refractivity contribution in [2.24, 2.45) is 0 Å². The fourth-order valence-electron chi connectivity index (χ4n) is 1.85. The van der Waals surface area contributed by atoms with Crippen molar-refractivity contribution in [3.05, 3.63) is 0 Å². The Balaban J connectivity index is 2.12. The third kappa shape index (κ3) is 8.10. The minimum atomic E-state index is -0.258. The van der Waals surface area contributed by atoms with Gasteiger partial charge in [-0.1, -0.05) is 0 Å². The Kier molecular flexibility index (Phi) is 6.65. The van der Waals surface area contributed by atoms with E-state index in [4.69, 9.17) is 0 Å². The van der Waals surface area contributed by atoms with Gasteiger partial charge in [0.05, 0.1) is 12.3 Å². The van der Waals surface area contributed by atoms with Crippen LogP contribution in [0.5, 0.6) is 0 Å². The van der Waals surface area contributed by atoms with Crippen molar-refractivity contribution in [1.29, 1.82) is 0 Å². The number of nitrogens with one attached hydrogen (secondary N) is 3. The van der Waals surface area contributed by atoms with Crippen LogP contribution >= 0.6 is 11.8 Å². The molecule has 0 aromatic rings. The summed E-state index contributed by atoms with van der Waals surface area (Å²) in [5, 5.41) is 9.33. The van der Waals surface area contributed by atoms with E-state index in [1.54, 1.807) is 11.8 Å². The fraction of sp³-hybridized carbons (Fsp3) is 0.846. The van der Waals surface area contributed by atoms with E-state index >= 15 is 0 Å². The summed E-state index contributed by atoms with van der Waals surface area (Å²) in [5.74, 6) is 0.230. The first-order valence-corrected chi connectivity index (χ1v) is 7.82. The molecular formula is C13H25N3O2S. The Bertz CT molecular complexity index is 310. The molecule has 1 aliphatic rings. The molecule has 1 aliphatic heterocycles. The molecule has 0 bridgehead atoms. The highest BCUT2D eigenvalue weighted by Gasteiger charge is 2.16. The Morgan fingerprint density at radius 1 is 1.21 bits per heavy atom. The molecule has 2 amide bonds. The molecule has 6 heteroatoms. The largest absolute Gasteiger partial charge is 0.350 e. The van der Waals surface area contributed by atoms with Gasteiger partial charge in [-0.2, -0.15) is 0 Å². The summed E-state index contributed by atoms with van der Waals surface area (Å²) in [6.07, 6.45) is 2.23. The van der Waals surface area contributed by atoms with Gasteiger partial charge in [-0.3, -0.25) is 9.59 Å². The summed E-state index contributed by atoms with van der Waals surface area (Å²) in [4.78, 5) is 23.2. The highest BCUT2D eigenvalue weighted by Crippen LogP contribution is 2.19. The van der Waals surface area contributed by atoms with Crippen LogP contribution in [0.15, 0.2) is 0 Å². The van der Waals surface area contributed by atoms with Crippen molar-refractivity contribution in [3.63, 3.8) is 0 Å². The highest BCUT2D eigenvalue weighted by atomic mass is 32.2. The maximum absolute atomic E-state index is 11.6. The Morgan fingerprint density at radius 3 is 2.42 bits per heavy atom. The molecular weight excluding hydrogens is 262 g/mol. The number of hydrogen-bond acceptors (Lipinski definition) is 4. The van der Waals surface area contributed by atoms with E-state index in [9.17, 15) is 9.59 Å². The van der Waals surface area contributed by atoms with E-state index in [0.29, 0.717) is 11.0 Å². The van der Waals surface area contributed by atoms with Gasteiger partial charge in [0.2, 0.25) is 11.8 Å². The molecule has 110 valence electrons. The van der Waals surface area contributed by atoms with Gasteiger partial charge < -0.3 is 16.0 Å². The smallest absolute Gasteiger partial charge is 0.239 e. The van der Waals surface area contributed by atoms with Gasteiger partial charge in [-0.15, -0.1) is 11.8 Å². The Morgan fingerprint density at radius 2 is 1.84 bits per heavy atom. The second kappa shape index (κ2) is 7.75. The van der Waals surface area contributed by atoms with Crippen LogP contribution in [-0.2, 0) is 9.59 Å². The predicted octanol–water partition coefficient (Wildman–Crippen LogP) is 0.503. The monoisotopic (exact) mass is 287 g/mol. The zero-order chi connectivity index (χ0) is 14.3. The van der Waals surface area contributed by atoms with Gasteiger partial charge in [0, 0.05) is 10.8 Å². The lowest BCUT2D eigenvalue weighted by atomic mass is 10.1. The molecule has 0 aliphatic carbocycles. The van der Waals surface area contributed by atoms with Crippen molar-refractivity contribution >= 4 is 23.6 Å². The highest BCUT2D eigenvalue weighted by molar-refractivity contribution is 8.00. The first kappa shape index (κ1) is 16.3. The molecule has 1 rings (SSSR count). The molecule has 0 aromatic heterocycles. The van der Waals surface area contributed by atoms with Crippen LogP contribution in [0, 0.1) is 0 Å². The molecule has 0 spiro atoms. The lowest BCUT2D eigenvalue weighted by Gasteiger charge is -2.22. The number of hydrogen-bond donors (Lipinski definition) is 3. The van der Waals surface area contributed by atoms with E-state index in [1.807, 2.05) is 20.8 Å². The number of amides is 2. The normalized spacial score (nSPS) is 17.0. The zero-order valence-electron chi connectivity index (χ0n) is 12.0. The van der Waals surface area contributed by atoms with Crippen LogP contribution in [0.4, 0.5) is 0 Å². The summed E-state index contributed by atoms with van der Waals surface area (Å²) in [6.45, 7) is 7.88. The van der Waals surface area contributed by atoms with Crippen molar-refractivity contribution in [1.82, 2.24) is 16.0 Å². The fourth-order valence-corrected chi connectivity index (χ4v) is 2.91. The molecule has 1 fully saturated rings. The van der Waals surface area contributed by atoms with E-state index in [1.165, 1.54) is 0 Å². The Hall–Kier alpha value is -0.750.